The maximum atomic E-state index is 14.0. The van der Waals surface area contributed by atoms with Gasteiger partial charge in [-0.25, -0.2) is 22.5 Å². The van der Waals surface area contributed by atoms with E-state index in [-0.39, 0.29) is 5.69 Å². The van der Waals surface area contributed by atoms with Crippen LogP contribution in [0, 0.1) is 5.82 Å². The van der Waals surface area contributed by atoms with E-state index in [0.29, 0.717) is 12.2 Å². The molecule has 5 aromatic rings. The first-order valence-corrected chi connectivity index (χ1v) is 12.8. The van der Waals surface area contributed by atoms with Crippen LogP contribution in [0.25, 0.3) is 22.2 Å². The highest BCUT2D eigenvalue weighted by Crippen LogP contribution is 2.31. The maximum Gasteiger partial charge on any atom is 0.283 e. The standard InChI is InChI=1S/C28H22FN3O4S/c1-36-22-14-15-25-20(16-22)17-26(19-8-3-2-4-9-19)32(25)18-21-10-7-12-24(30-21)28(33)31-37(34,35)27-13-6-5-11-23(27)29/h2-17H,18H2,1H3,(H,31,33). The average Bonchev–Trinajstić information content (AvgIpc) is 3.26. The van der Waals surface area contributed by atoms with Crippen molar-refractivity contribution in [1.29, 1.82) is 0 Å². The van der Waals surface area contributed by atoms with Gasteiger partial charge < -0.3 is 9.30 Å². The van der Waals surface area contributed by atoms with Gasteiger partial charge in [-0.15, -0.1) is 0 Å². The van der Waals surface area contributed by atoms with Crippen LogP contribution >= 0.6 is 0 Å². The summed E-state index contributed by atoms with van der Waals surface area (Å²) >= 11 is 0. The molecule has 0 aliphatic carbocycles. The smallest absolute Gasteiger partial charge is 0.283 e. The Kier molecular flexibility index (Phi) is 6.45. The van der Waals surface area contributed by atoms with Crippen LogP contribution in [0.1, 0.15) is 16.2 Å². The van der Waals surface area contributed by atoms with E-state index in [9.17, 15) is 17.6 Å². The number of benzene rings is 3. The predicted octanol–water partition coefficient (Wildman–Crippen LogP) is 5.02. The number of aromatic nitrogens is 2. The number of hydrogen-bond donors (Lipinski definition) is 1. The fourth-order valence-electron chi connectivity index (χ4n) is 4.14. The van der Waals surface area contributed by atoms with Crippen LogP contribution in [-0.4, -0.2) is 31.0 Å². The fraction of sp³-hybridized carbons (Fsp3) is 0.0714. The third-order valence-electron chi connectivity index (χ3n) is 5.89. The number of fused-ring (bicyclic) bond motifs is 1. The third-order valence-corrected chi connectivity index (χ3v) is 7.26. The van der Waals surface area contributed by atoms with Crippen molar-refractivity contribution in [1.82, 2.24) is 14.3 Å². The number of pyridine rings is 1. The molecule has 7 nitrogen and oxygen atoms in total. The highest BCUT2D eigenvalue weighted by atomic mass is 32.2. The molecule has 5 rings (SSSR count). The lowest BCUT2D eigenvalue weighted by Gasteiger charge is -2.12. The molecule has 0 aliphatic heterocycles. The SMILES string of the molecule is COc1ccc2c(c1)cc(-c1ccccc1)n2Cc1cccc(C(=O)NS(=O)(=O)c2ccccc2F)n1. The molecule has 0 radical (unpaired) electrons. The average molecular weight is 516 g/mol. The summed E-state index contributed by atoms with van der Waals surface area (Å²) in [7, 11) is -2.80. The molecular formula is C28H22FN3O4S. The van der Waals surface area contributed by atoms with Crippen molar-refractivity contribution in [2.24, 2.45) is 0 Å². The molecule has 0 spiro atoms. The highest BCUT2D eigenvalue weighted by molar-refractivity contribution is 7.90. The van der Waals surface area contributed by atoms with Crippen molar-refractivity contribution in [2.75, 3.05) is 7.11 Å². The molecule has 0 bridgehead atoms. The number of sulfonamides is 1. The first-order valence-electron chi connectivity index (χ1n) is 11.4. The predicted molar refractivity (Wildman–Crippen MR) is 138 cm³/mol. The molecule has 0 unspecified atom stereocenters. The van der Waals surface area contributed by atoms with Crippen LogP contribution < -0.4 is 9.46 Å². The number of methoxy groups -OCH3 is 1. The van der Waals surface area contributed by atoms with E-state index < -0.39 is 26.6 Å². The van der Waals surface area contributed by atoms with E-state index >= 15 is 0 Å². The summed E-state index contributed by atoms with van der Waals surface area (Å²) in [6, 6.07) is 27.3. The molecule has 2 aromatic heterocycles. The lowest BCUT2D eigenvalue weighted by Crippen LogP contribution is -2.32. The maximum absolute atomic E-state index is 14.0. The number of halogens is 1. The van der Waals surface area contributed by atoms with Gasteiger partial charge in [0.1, 0.15) is 22.2 Å². The molecule has 2 heterocycles. The van der Waals surface area contributed by atoms with Gasteiger partial charge >= 0.3 is 0 Å². The molecule has 0 atom stereocenters. The lowest BCUT2D eigenvalue weighted by atomic mass is 10.1. The monoisotopic (exact) mass is 515 g/mol. The second-order valence-corrected chi connectivity index (χ2v) is 9.94. The van der Waals surface area contributed by atoms with E-state index in [2.05, 4.69) is 15.6 Å². The van der Waals surface area contributed by atoms with E-state index in [1.165, 1.54) is 18.2 Å². The number of carbonyl (C=O) groups is 1. The highest BCUT2D eigenvalue weighted by Gasteiger charge is 2.23. The molecule has 0 aliphatic rings. The second-order valence-electron chi connectivity index (χ2n) is 8.29. The van der Waals surface area contributed by atoms with Gasteiger partial charge in [-0.3, -0.25) is 4.79 Å². The molecule has 186 valence electrons. The molecule has 1 N–H and O–H groups in total. The van der Waals surface area contributed by atoms with Gasteiger partial charge in [0, 0.05) is 16.6 Å². The van der Waals surface area contributed by atoms with Gasteiger partial charge in [-0.2, -0.15) is 0 Å². The number of nitrogens with one attached hydrogen (secondary N) is 1. The molecule has 3 aromatic carbocycles. The Morgan fingerprint density at radius 1 is 0.946 bits per heavy atom. The summed E-state index contributed by atoms with van der Waals surface area (Å²) in [5, 5.41) is 0.975. The van der Waals surface area contributed by atoms with Gasteiger partial charge in [0.15, 0.2) is 0 Å². The zero-order valence-corrected chi connectivity index (χ0v) is 20.6. The molecule has 37 heavy (non-hydrogen) atoms. The van der Waals surface area contributed by atoms with E-state index in [0.717, 1.165) is 40.0 Å². The van der Waals surface area contributed by atoms with Gasteiger partial charge in [-0.1, -0.05) is 48.5 Å². The van der Waals surface area contributed by atoms with Crippen molar-refractivity contribution in [3.8, 4) is 17.0 Å². The minimum Gasteiger partial charge on any atom is -0.497 e. The van der Waals surface area contributed by atoms with Crippen LogP contribution in [0.5, 0.6) is 5.75 Å². The van der Waals surface area contributed by atoms with Gasteiger partial charge in [0.2, 0.25) is 0 Å². The Bertz CT molecular complexity index is 1720. The van der Waals surface area contributed by atoms with Crippen molar-refractivity contribution in [3.05, 3.63) is 114 Å². The van der Waals surface area contributed by atoms with Gasteiger partial charge in [0.05, 0.1) is 19.3 Å². The molecular weight excluding hydrogens is 493 g/mol. The lowest BCUT2D eigenvalue weighted by molar-refractivity contribution is 0.0976. The van der Waals surface area contributed by atoms with E-state index in [1.54, 1.807) is 19.2 Å². The molecule has 0 fully saturated rings. The third kappa shape index (κ3) is 4.94. The molecule has 1 amide bonds. The summed E-state index contributed by atoms with van der Waals surface area (Å²) in [6.45, 7) is 0.321. The van der Waals surface area contributed by atoms with E-state index in [4.69, 9.17) is 4.74 Å². The summed E-state index contributed by atoms with van der Waals surface area (Å²) < 4.78 is 48.5. The zero-order valence-electron chi connectivity index (χ0n) is 19.8. The Hall–Kier alpha value is -4.50. The number of amides is 1. The molecule has 0 saturated heterocycles. The van der Waals surface area contributed by atoms with Crippen LogP contribution in [0.2, 0.25) is 0 Å². The number of hydrogen-bond acceptors (Lipinski definition) is 5. The first-order chi connectivity index (χ1) is 17.9. The van der Waals surface area contributed by atoms with Crippen LogP contribution in [0.15, 0.2) is 102 Å². The number of nitrogens with zero attached hydrogens (tertiary/aromatic N) is 2. The fourth-order valence-corrected chi connectivity index (χ4v) is 5.18. The van der Waals surface area contributed by atoms with E-state index in [1.807, 2.05) is 53.3 Å². The number of carbonyl (C=O) groups excluding carboxylic acids is 1. The number of ether oxygens (including phenoxy) is 1. The van der Waals surface area contributed by atoms with Crippen molar-refractivity contribution >= 4 is 26.8 Å². The quantitative estimate of drug-likeness (QED) is 0.329. The summed E-state index contributed by atoms with van der Waals surface area (Å²) in [5.41, 5.74) is 3.34. The Labute approximate surface area is 213 Å². The van der Waals surface area contributed by atoms with Crippen LogP contribution in [-0.2, 0) is 16.6 Å². The Morgan fingerprint density at radius 3 is 2.46 bits per heavy atom. The van der Waals surface area contributed by atoms with Crippen molar-refractivity contribution < 1.29 is 22.3 Å². The first kappa shape index (κ1) is 24.2. The second kappa shape index (κ2) is 9.87. The van der Waals surface area contributed by atoms with Crippen LogP contribution in [0.3, 0.4) is 0 Å². The summed E-state index contributed by atoms with van der Waals surface area (Å²) in [6.07, 6.45) is 0. The summed E-state index contributed by atoms with van der Waals surface area (Å²) in [4.78, 5) is 16.6. The zero-order chi connectivity index (χ0) is 26.0. The normalized spacial score (nSPS) is 11.4. The van der Waals surface area contributed by atoms with Crippen molar-refractivity contribution in [2.45, 2.75) is 11.4 Å². The topological polar surface area (TPSA) is 90.3 Å². The van der Waals surface area contributed by atoms with Crippen molar-refractivity contribution in [3.63, 3.8) is 0 Å². The molecule has 0 saturated carbocycles. The molecule has 9 heteroatoms. The Balaban J connectivity index is 1.49. The summed E-state index contributed by atoms with van der Waals surface area (Å²) in [5.74, 6) is -1.17. The van der Waals surface area contributed by atoms with Gasteiger partial charge in [0.25, 0.3) is 15.9 Å². The van der Waals surface area contributed by atoms with Crippen LogP contribution in [0.4, 0.5) is 4.39 Å². The van der Waals surface area contributed by atoms with Gasteiger partial charge in [-0.05, 0) is 54.1 Å². The number of rotatable bonds is 7. The minimum atomic E-state index is -4.41. The largest absolute Gasteiger partial charge is 0.497 e. The minimum absolute atomic E-state index is 0.100. The Morgan fingerprint density at radius 2 is 1.70 bits per heavy atom.